The zero-order chi connectivity index (χ0) is 14.8. The highest BCUT2D eigenvalue weighted by Gasteiger charge is 2.66. The summed E-state index contributed by atoms with van der Waals surface area (Å²) >= 11 is 4.86. The molecule has 3 fully saturated rings. The van der Waals surface area contributed by atoms with Gasteiger partial charge in [0.1, 0.15) is 0 Å². The molecule has 3 aliphatic rings. The second-order valence-corrected chi connectivity index (χ2v) is 9.34. The van der Waals surface area contributed by atoms with E-state index < -0.39 is 0 Å². The Labute approximate surface area is 133 Å². The Balaban J connectivity index is 1.95. The molecule has 3 aliphatic carbocycles. The van der Waals surface area contributed by atoms with Crippen LogP contribution >= 0.6 is 12.6 Å². The first-order valence-corrected chi connectivity index (χ1v) is 8.97. The highest BCUT2D eigenvalue weighted by Crippen LogP contribution is 2.73. The van der Waals surface area contributed by atoms with Gasteiger partial charge in [-0.05, 0) is 60.2 Å². The molecule has 4 radical (unpaired) electrons. The standard InChI is InChI=1S/C17H28B2S/c1-8(18)12-5-11-6-17(4)7-13(16(11)17)15(10(3)20)14(12)9(2)19/h8-16,20H,5-7H2,1-4H3. The summed E-state index contributed by atoms with van der Waals surface area (Å²) in [5.41, 5.74) is 0.644. The average molecular weight is 286 g/mol. The largest absolute Gasteiger partial charge is 0.176 e. The number of hydrogen-bond donors (Lipinski definition) is 1. The van der Waals surface area contributed by atoms with Crippen LogP contribution in [0.25, 0.3) is 0 Å². The van der Waals surface area contributed by atoms with Crippen LogP contribution in [0.1, 0.15) is 47.0 Å². The van der Waals surface area contributed by atoms with Crippen LogP contribution in [0, 0.1) is 40.9 Å². The van der Waals surface area contributed by atoms with Crippen molar-refractivity contribution in [2.75, 3.05) is 0 Å². The number of hydrogen-bond acceptors (Lipinski definition) is 1. The third-order valence-corrected chi connectivity index (χ3v) is 7.40. The van der Waals surface area contributed by atoms with Crippen molar-refractivity contribution < 1.29 is 0 Å². The second-order valence-electron chi connectivity index (χ2n) is 8.53. The minimum Gasteiger partial charge on any atom is -0.176 e. The SMILES string of the molecule is [B]C(C)C1CC2CC3(C)CC(C(C(C)S)C1C([B])C)C23. The predicted molar refractivity (Wildman–Crippen MR) is 91.7 cm³/mol. The molecule has 0 aromatic carbocycles. The van der Waals surface area contributed by atoms with Crippen molar-refractivity contribution in [3.8, 4) is 0 Å². The molecule has 0 saturated heterocycles. The molecule has 10 unspecified atom stereocenters. The highest BCUT2D eigenvalue weighted by molar-refractivity contribution is 7.80. The Morgan fingerprint density at radius 1 is 1.05 bits per heavy atom. The Morgan fingerprint density at radius 2 is 1.70 bits per heavy atom. The fourth-order valence-corrected chi connectivity index (χ4v) is 6.95. The predicted octanol–water partition coefficient (Wildman–Crippen LogP) is 4.17. The molecule has 20 heavy (non-hydrogen) atoms. The minimum atomic E-state index is 0.231. The zero-order valence-corrected chi connectivity index (χ0v) is 14.3. The van der Waals surface area contributed by atoms with Crippen molar-refractivity contribution in [3.05, 3.63) is 0 Å². The Morgan fingerprint density at radius 3 is 2.15 bits per heavy atom. The topological polar surface area (TPSA) is 0 Å². The zero-order valence-electron chi connectivity index (χ0n) is 13.4. The summed E-state index contributed by atoms with van der Waals surface area (Å²) in [5.74, 6) is 4.96. The van der Waals surface area contributed by atoms with Crippen molar-refractivity contribution in [2.24, 2.45) is 40.9 Å². The van der Waals surface area contributed by atoms with Gasteiger partial charge in [-0.2, -0.15) is 12.6 Å². The van der Waals surface area contributed by atoms with Gasteiger partial charge in [-0.1, -0.05) is 39.3 Å². The smallest absolute Gasteiger partial charge is 0.0699 e. The van der Waals surface area contributed by atoms with E-state index in [1.807, 2.05) is 0 Å². The van der Waals surface area contributed by atoms with Crippen molar-refractivity contribution >= 4 is 28.3 Å². The van der Waals surface area contributed by atoms with Gasteiger partial charge in [0.2, 0.25) is 0 Å². The summed E-state index contributed by atoms with van der Waals surface area (Å²) in [5, 5.41) is 0.432. The van der Waals surface area contributed by atoms with Gasteiger partial charge in [-0.3, -0.25) is 0 Å². The van der Waals surface area contributed by atoms with Crippen LogP contribution in [0.2, 0.25) is 11.6 Å². The Kier molecular flexibility index (Phi) is 3.84. The fourth-order valence-electron chi connectivity index (χ4n) is 6.53. The monoisotopic (exact) mass is 286 g/mol. The maximum atomic E-state index is 6.43. The summed E-state index contributed by atoms with van der Waals surface area (Å²) in [6, 6.07) is 0. The molecular formula is C17H28B2S. The highest BCUT2D eigenvalue weighted by atomic mass is 32.1. The van der Waals surface area contributed by atoms with Crippen LogP contribution < -0.4 is 0 Å². The summed E-state index contributed by atoms with van der Waals surface area (Å²) in [6.45, 7) is 9.15. The molecule has 0 amide bonds. The summed E-state index contributed by atoms with van der Waals surface area (Å²) in [6.07, 6.45) is 4.13. The minimum absolute atomic E-state index is 0.231. The molecule has 0 spiro atoms. The quantitative estimate of drug-likeness (QED) is 0.584. The van der Waals surface area contributed by atoms with Crippen LogP contribution in [0.4, 0.5) is 0 Å². The van der Waals surface area contributed by atoms with E-state index >= 15 is 0 Å². The molecule has 0 bridgehead atoms. The molecule has 0 nitrogen and oxygen atoms in total. The van der Waals surface area contributed by atoms with E-state index in [9.17, 15) is 0 Å². The van der Waals surface area contributed by atoms with Crippen molar-refractivity contribution in [2.45, 2.75) is 63.8 Å². The molecule has 3 rings (SSSR count). The third kappa shape index (κ3) is 2.05. The molecular weight excluding hydrogens is 258 g/mol. The van der Waals surface area contributed by atoms with E-state index in [-0.39, 0.29) is 11.6 Å². The fraction of sp³-hybridized carbons (Fsp3) is 1.00. The normalized spacial score (nSPS) is 54.6. The van der Waals surface area contributed by atoms with Crippen molar-refractivity contribution in [1.82, 2.24) is 0 Å². The molecule has 0 aromatic heterocycles. The van der Waals surface area contributed by atoms with Crippen LogP contribution in [-0.4, -0.2) is 20.9 Å². The van der Waals surface area contributed by atoms with Gasteiger partial charge in [0.15, 0.2) is 0 Å². The van der Waals surface area contributed by atoms with E-state index in [0.717, 1.165) is 17.8 Å². The van der Waals surface area contributed by atoms with Crippen LogP contribution in [-0.2, 0) is 0 Å². The first-order chi connectivity index (χ1) is 9.26. The van der Waals surface area contributed by atoms with Crippen LogP contribution in [0.5, 0.6) is 0 Å². The van der Waals surface area contributed by atoms with Gasteiger partial charge < -0.3 is 0 Å². The second kappa shape index (κ2) is 5.00. The maximum absolute atomic E-state index is 6.43. The van der Waals surface area contributed by atoms with E-state index in [4.69, 9.17) is 28.3 Å². The lowest BCUT2D eigenvalue weighted by molar-refractivity contribution is -0.187. The summed E-state index contributed by atoms with van der Waals surface area (Å²) < 4.78 is 0. The van der Waals surface area contributed by atoms with Gasteiger partial charge in [-0.25, -0.2) is 0 Å². The number of thiol groups is 1. The van der Waals surface area contributed by atoms with Crippen LogP contribution in [0.3, 0.4) is 0 Å². The van der Waals surface area contributed by atoms with Crippen molar-refractivity contribution in [3.63, 3.8) is 0 Å². The number of rotatable bonds is 3. The van der Waals surface area contributed by atoms with E-state index in [0.29, 0.717) is 28.4 Å². The maximum Gasteiger partial charge on any atom is 0.0699 e. The van der Waals surface area contributed by atoms with Gasteiger partial charge in [0.05, 0.1) is 15.7 Å². The lowest BCUT2D eigenvalue weighted by Crippen LogP contribution is -2.61. The van der Waals surface area contributed by atoms with Gasteiger partial charge in [0.25, 0.3) is 0 Å². The molecule has 108 valence electrons. The lowest BCUT2D eigenvalue weighted by atomic mass is 9.37. The Bertz CT molecular complexity index is 381. The Hall–Kier alpha value is 0.480. The first kappa shape index (κ1) is 15.4. The average Bonchev–Trinajstić information content (AvgIpc) is 2.34. The lowest BCUT2D eigenvalue weighted by Gasteiger charge is -2.68. The molecule has 3 saturated carbocycles. The van der Waals surface area contributed by atoms with Gasteiger partial charge in [-0.15, -0.1) is 0 Å². The van der Waals surface area contributed by atoms with E-state index in [1.165, 1.54) is 19.3 Å². The van der Waals surface area contributed by atoms with Crippen LogP contribution in [0.15, 0.2) is 0 Å². The summed E-state index contributed by atoms with van der Waals surface area (Å²) in [4.78, 5) is 0. The van der Waals surface area contributed by atoms with E-state index in [2.05, 4.69) is 27.7 Å². The summed E-state index contributed by atoms with van der Waals surface area (Å²) in [7, 11) is 12.8. The van der Waals surface area contributed by atoms with Crippen molar-refractivity contribution in [1.29, 1.82) is 0 Å². The molecule has 0 heterocycles. The van der Waals surface area contributed by atoms with E-state index in [1.54, 1.807) is 0 Å². The van der Waals surface area contributed by atoms with Gasteiger partial charge >= 0.3 is 0 Å². The molecule has 0 aliphatic heterocycles. The third-order valence-electron chi connectivity index (χ3n) is 7.05. The van der Waals surface area contributed by atoms with Gasteiger partial charge in [0, 0.05) is 5.25 Å². The molecule has 3 heteroatoms. The molecule has 0 N–H and O–H groups in total. The first-order valence-electron chi connectivity index (χ1n) is 8.45. The molecule has 10 atom stereocenters. The molecule has 0 aromatic rings.